The molecule has 102 valence electrons. The van der Waals surface area contributed by atoms with Crippen LogP contribution in [0.25, 0.3) is 11.2 Å². The second-order valence-corrected chi connectivity index (χ2v) is 4.66. The highest BCUT2D eigenvalue weighted by atomic mass is 32.1. The van der Waals surface area contributed by atoms with E-state index in [0.717, 1.165) is 24.1 Å². The van der Waals surface area contributed by atoms with Gasteiger partial charge in [0.1, 0.15) is 11.8 Å². The predicted octanol–water partition coefficient (Wildman–Crippen LogP) is 2.14. The number of aromatic nitrogens is 5. The Morgan fingerprint density at radius 1 is 1.30 bits per heavy atom. The second-order valence-electron chi connectivity index (χ2n) is 4.27. The fourth-order valence-electron chi connectivity index (χ4n) is 2.10. The maximum Gasteiger partial charge on any atom is 0.242 e. The lowest BCUT2D eigenvalue weighted by Gasteiger charge is -2.04. The third-order valence-electron chi connectivity index (χ3n) is 3.09. The molecule has 0 bridgehead atoms. The van der Waals surface area contributed by atoms with Gasteiger partial charge in [-0.25, -0.2) is 4.98 Å². The van der Waals surface area contributed by atoms with Gasteiger partial charge in [0.05, 0.1) is 7.11 Å². The van der Waals surface area contributed by atoms with Gasteiger partial charge in [-0.15, -0.1) is 0 Å². The van der Waals surface area contributed by atoms with E-state index in [2.05, 4.69) is 19.9 Å². The summed E-state index contributed by atoms with van der Waals surface area (Å²) < 4.78 is 7.78. The zero-order valence-electron chi connectivity index (χ0n) is 10.9. The number of aryl methyl sites for hydroxylation is 2. The largest absolute Gasteiger partial charge is 0.479 e. The van der Waals surface area contributed by atoms with Crippen LogP contribution in [0, 0.1) is 4.77 Å². The van der Waals surface area contributed by atoms with Crippen LogP contribution >= 0.6 is 12.2 Å². The molecule has 0 amide bonds. The molecule has 0 saturated carbocycles. The molecule has 0 atom stereocenters. The van der Waals surface area contributed by atoms with E-state index < -0.39 is 0 Å². The molecular weight excluding hydrogens is 274 g/mol. The Kier molecular flexibility index (Phi) is 3.42. The predicted molar refractivity (Wildman–Crippen MR) is 77.2 cm³/mol. The lowest BCUT2D eigenvalue weighted by atomic mass is 10.2. The highest BCUT2D eigenvalue weighted by Crippen LogP contribution is 2.20. The molecule has 0 aliphatic carbocycles. The second kappa shape index (κ2) is 5.38. The number of fused-ring (bicyclic) bond motifs is 1. The Labute approximate surface area is 120 Å². The summed E-state index contributed by atoms with van der Waals surface area (Å²) in [6.07, 6.45) is 5.91. The molecule has 6 nitrogen and oxygen atoms in total. The Morgan fingerprint density at radius 2 is 2.10 bits per heavy atom. The minimum Gasteiger partial charge on any atom is -0.479 e. The summed E-state index contributed by atoms with van der Waals surface area (Å²) in [6, 6.07) is 3.99. The Morgan fingerprint density at radius 3 is 2.85 bits per heavy atom. The van der Waals surface area contributed by atoms with E-state index in [1.54, 1.807) is 19.5 Å². The van der Waals surface area contributed by atoms with Crippen LogP contribution in [0.1, 0.15) is 5.56 Å². The molecule has 1 N–H and O–H groups in total. The van der Waals surface area contributed by atoms with Gasteiger partial charge in [0.15, 0.2) is 10.4 Å². The van der Waals surface area contributed by atoms with Gasteiger partial charge >= 0.3 is 0 Å². The lowest BCUT2D eigenvalue weighted by molar-refractivity contribution is 0.401. The summed E-state index contributed by atoms with van der Waals surface area (Å²) in [5.74, 6) is 0.503. The van der Waals surface area contributed by atoms with E-state index in [4.69, 9.17) is 17.0 Å². The van der Waals surface area contributed by atoms with Crippen LogP contribution in [0.2, 0.25) is 0 Å². The number of H-pyrrole nitrogens is 1. The van der Waals surface area contributed by atoms with Gasteiger partial charge in [0.2, 0.25) is 5.88 Å². The van der Waals surface area contributed by atoms with Crippen molar-refractivity contribution in [2.45, 2.75) is 13.0 Å². The molecule has 3 heterocycles. The van der Waals surface area contributed by atoms with E-state index in [0.29, 0.717) is 10.7 Å². The zero-order valence-corrected chi connectivity index (χ0v) is 11.7. The van der Waals surface area contributed by atoms with Crippen molar-refractivity contribution in [2.75, 3.05) is 7.11 Å². The van der Waals surface area contributed by atoms with Crippen LogP contribution in [-0.2, 0) is 13.0 Å². The standard InChI is InChI=1S/C13H13N5OS/c1-19-12-10-11(15-8-16-12)18(13(20)17-10)7-4-9-2-5-14-6-3-9/h2-3,5-6,8H,4,7H2,1H3,(H,17,20). The van der Waals surface area contributed by atoms with Gasteiger partial charge in [-0.3, -0.25) is 4.98 Å². The molecule has 0 fully saturated rings. The van der Waals surface area contributed by atoms with Gasteiger partial charge in [0, 0.05) is 18.9 Å². The maximum atomic E-state index is 5.35. The molecule has 0 unspecified atom stereocenters. The van der Waals surface area contributed by atoms with Crippen molar-refractivity contribution in [1.82, 2.24) is 24.5 Å². The number of pyridine rings is 1. The highest BCUT2D eigenvalue weighted by Gasteiger charge is 2.11. The average Bonchev–Trinajstić information content (AvgIpc) is 2.81. The smallest absolute Gasteiger partial charge is 0.242 e. The number of nitrogens with zero attached hydrogens (tertiary/aromatic N) is 4. The SMILES string of the molecule is COc1ncnc2c1[nH]c(=S)n2CCc1ccncc1. The lowest BCUT2D eigenvalue weighted by Crippen LogP contribution is -2.03. The van der Waals surface area contributed by atoms with E-state index in [1.807, 2.05) is 16.7 Å². The minimum absolute atomic E-state index is 0.503. The maximum absolute atomic E-state index is 5.35. The number of imidazole rings is 1. The third kappa shape index (κ3) is 2.27. The molecule has 0 saturated heterocycles. The normalized spacial score (nSPS) is 10.8. The Balaban J connectivity index is 1.96. The van der Waals surface area contributed by atoms with Crippen molar-refractivity contribution in [1.29, 1.82) is 0 Å². The van der Waals surface area contributed by atoms with Gasteiger partial charge in [-0.1, -0.05) is 0 Å². The summed E-state index contributed by atoms with van der Waals surface area (Å²) >= 11 is 5.35. The van der Waals surface area contributed by atoms with Crippen LogP contribution in [0.15, 0.2) is 30.9 Å². The van der Waals surface area contributed by atoms with Crippen LogP contribution < -0.4 is 4.74 Å². The summed E-state index contributed by atoms with van der Waals surface area (Å²) in [7, 11) is 1.58. The zero-order chi connectivity index (χ0) is 13.9. The Bertz CT molecular complexity index is 780. The van der Waals surface area contributed by atoms with Crippen LogP contribution in [-0.4, -0.2) is 31.6 Å². The number of hydrogen-bond donors (Lipinski definition) is 1. The van der Waals surface area contributed by atoms with Crippen molar-refractivity contribution in [3.05, 3.63) is 41.2 Å². The van der Waals surface area contributed by atoms with Crippen LogP contribution in [0.4, 0.5) is 0 Å². The van der Waals surface area contributed by atoms with Crippen molar-refractivity contribution < 1.29 is 4.74 Å². The summed E-state index contributed by atoms with van der Waals surface area (Å²) in [5.41, 5.74) is 2.70. The minimum atomic E-state index is 0.503. The summed E-state index contributed by atoms with van der Waals surface area (Å²) in [4.78, 5) is 15.5. The van der Waals surface area contributed by atoms with Gasteiger partial charge in [-0.05, 0) is 36.3 Å². The first kappa shape index (κ1) is 12.7. The number of rotatable bonds is 4. The van der Waals surface area contributed by atoms with E-state index >= 15 is 0 Å². The molecule has 7 heteroatoms. The van der Waals surface area contributed by atoms with E-state index in [-0.39, 0.29) is 0 Å². The van der Waals surface area contributed by atoms with Crippen LogP contribution in [0.3, 0.4) is 0 Å². The number of ether oxygens (including phenoxy) is 1. The van der Waals surface area contributed by atoms with E-state index in [9.17, 15) is 0 Å². The fourth-order valence-corrected chi connectivity index (χ4v) is 2.38. The quantitative estimate of drug-likeness (QED) is 0.745. The first-order valence-corrected chi connectivity index (χ1v) is 6.57. The first-order valence-electron chi connectivity index (χ1n) is 6.16. The molecule has 0 aliphatic heterocycles. The number of hydrogen-bond acceptors (Lipinski definition) is 5. The number of methoxy groups -OCH3 is 1. The number of aromatic amines is 1. The highest BCUT2D eigenvalue weighted by molar-refractivity contribution is 7.71. The summed E-state index contributed by atoms with van der Waals surface area (Å²) in [5, 5.41) is 0. The fraction of sp³-hybridized carbons (Fsp3) is 0.231. The van der Waals surface area contributed by atoms with Crippen LogP contribution in [0.5, 0.6) is 5.88 Å². The molecule has 3 aromatic rings. The van der Waals surface area contributed by atoms with Crippen molar-refractivity contribution in [3.8, 4) is 5.88 Å². The topological polar surface area (TPSA) is 68.6 Å². The van der Waals surface area contributed by atoms with Gasteiger partial charge < -0.3 is 14.3 Å². The Hall–Kier alpha value is -2.28. The average molecular weight is 287 g/mol. The van der Waals surface area contributed by atoms with Crippen molar-refractivity contribution in [3.63, 3.8) is 0 Å². The molecule has 0 aromatic carbocycles. The molecule has 3 rings (SSSR count). The summed E-state index contributed by atoms with van der Waals surface area (Å²) in [6.45, 7) is 0.739. The number of nitrogens with one attached hydrogen (secondary N) is 1. The molecular formula is C13H13N5OS. The monoisotopic (exact) mass is 287 g/mol. The van der Waals surface area contributed by atoms with Gasteiger partial charge in [-0.2, -0.15) is 4.98 Å². The molecule has 20 heavy (non-hydrogen) atoms. The third-order valence-corrected chi connectivity index (χ3v) is 3.41. The molecule has 0 radical (unpaired) electrons. The van der Waals surface area contributed by atoms with Crippen molar-refractivity contribution in [2.24, 2.45) is 0 Å². The first-order chi connectivity index (χ1) is 9.79. The van der Waals surface area contributed by atoms with Gasteiger partial charge in [0.25, 0.3) is 0 Å². The molecule has 0 aliphatic rings. The molecule has 0 spiro atoms. The van der Waals surface area contributed by atoms with Crippen molar-refractivity contribution >= 4 is 23.4 Å². The molecule has 3 aromatic heterocycles. The van der Waals surface area contributed by atoms with E-state index in [1.165, 1.54) is 11.9 Å².